The Morgan fingerprint density at radius 1 is 1.26 bits per heavy atom. The second kappa shape index (κ2) is 7.67. The quantitative estimate of drug-likeness (QED) is 0.494. The number of aromatic amines is 1. The third kappa shape index (κ3) is 3.73. The predicted octanol–water partition coefficient (Wildman–Crippen LogP) is 3.31. The molecule has 0 unspecified atom stereocenters. The Balaban J connectivity index is 1.37. The summed E-state index contributed by atoms with van der Waals surface area (Å²) < 4.78 is 15.6. The van der Waals surface area contributed by atoms with Crippen molar-refractivity contribution in [1.29, 1.82) is 0 Å². The molecule has 0 saturated carbocycles. The van der Waals surface area contributed by atoms with E-state index < -0.39 is 0 Å². The van der Waals surface area contributed by atoms with Crippen LogP contribution in [-0.2, 0) is 19.5 Å². The molecule has 0 radical (unpaired) electrons. The van der Waals surface area contributed by atoms with Gasteiger partial charge in [-0.1, -0.05) is 0 Å². The SMILES string of the molecule is CCn1cc(CNCCc2nc(-c3cccnc3)n[nH]2)c2ccc(F)cc21. The molecule has 0 bridgehead atoms. The molecule has 6 nitrogen and oxygen atoms in total. The van der Waals surface area contributed by atoms with Crippen molar-refractivity contribution in [3.8, 4) is 11.4 Å². The number of hydrogen-bond donors (Lipinski definition) is 2. The molecule has 1 aromatic carbocycles. The van der Waals surface area contributed by atoms with Crippen LogP contribution in [0.5, 0.6) is 0 Å². The first-order valence-electron chi connectivity index (χ1n) is 9.04. The van der Waals surface area contributed by atoms with E-state index in [-0.39, 0.29) is 5.82 Å². The van der Waals surface area contributed by atoms with Crippen LogP contribution in [0.3, 0.4) is 0 Å². The van der Waals surface area contributed by atoms with E-state index in [0.717, 1.165) is 48.3 Å². The van der Waals surface area contributed by atoms with E-state index in [0.29, 0.717) is 5.82 Å². The van der Waals surface area contributed by atoms with E-state index >= 15 is 0 Å². The number of H-pyrrole nitrogens is 1. The van der Waals surface area contributed by atoms with Crippen molar-refractivity contribution >= 4 is 10.9 Å². The Labute approximate surface area is 156 Å². The fourth-order valence-electron chi connectivity index (χ4n) is 3.20. The maximum Gasteiger partial charge on any atom is 0.182 e. The molecule has 0 spiro atoms. The number of fused-ring (bicyclic) bond motifs is 1. The van der Waals surface area contributed by atoms with Crippen LogP contribution in [0.2, 0.25) is 0 Å². The second-order valence-corrected chi connectivity index (χ2v) is 6.38. The largest absolute Gasteiger partial charge is 0.347 e. The zero-order chi connectivity index (χ0) is 18.6. The summed E-state index contributed by atoms with van der Waals surface area (Å²) in [6.07, 6.45) is 6.31. The zero-order valence-electron chi connectivity index (χ0n) is 15.1. The fraction of sp³-hybridized carbons (Fsp3) is 0.250. The van der Waals surface area contributed by atoms with Crippen molar-refractivity contribution in [2.24, 2.45) is 0 Å². The van der Waals surface area contributed by atoms with Gasteiger partial charge in [0.25, 0.3) is 0 Å². The molecule has 3 heterocycles. The lowest BCUT2D eigenvalue weighted by molar-refractivity contribution is 0.628. The number of nitrogens with one attached hydrogen (secondary N) is 2. The predicted molar refractivity (Wildman–Crippen MR) is 103 cm³/mol. The van der Waals surface area contributed by atoms with E-state index in [9.17, 15) is 4.39 Å². The number of aromatic nitrogens is 5. The van der Waals surface area contributed by atoms with Crippen molar-refractivity contribution in [3.63, 3.8) is 0 Å². The van der Waals surface area contributed by atoms with E-state index in [1.165, 1.54) is 11.6 Å². The molecule has 0 amide bonds. The molecule has 4 rings (SSSR count). The van der Waals surface area contributed by atoms with E-state index in [4.69, 9.17) is 0 Å². The average Bonchev–Trinajstić information content (AvgIpc) is 3.30. The van der Waals surface area contributed by atoms with Gasteiger partial charge in [0.15, 0.2) is 5.82 Å². The Kier molecular flexibility index (Phi) is 4.93. The molecule has 7 heteroatoms. The number of rotatable bonds is 7. The minimum Gasteiger partial charge on any atom is -0.347 e. The molecule has 138 valence electrons. The minimum atomic E-state index is -0.204. The van der Waals surface area contributed by atoms with Gasteiger partial charge in [0.05, 0.1) is 5.52 Å². The Morgan fingerprint density at radius 2 is 2.19 bits per heavy atom. The first-order chi connectivity index (χ1) is 13.2. The summed E-state index contributed by atoms with van der Waals surface area (Å²) in [5.41, 5.74) is 3.00. The number of halogens is 1. The topological polar surface area (TPSA) is 71.4 Å². The second-order valence-electron chi connectivity index (χ2n) is 6.38. The molecule has 0 fully saturated rings. The van der Waals surface area contributed by atoms with Gasteiger partial charge in [0.1, 0.15) is 11.6 Å². The van der Waals surface area contributed by atoms with Gasteiger partial charge in [-0.25, -0.2) is 9.37 Å². The van der Waals surface area contributed by atoms with Gasteiger partial charge in [-0.05, 0) is 42.8 Å². The fourth-order valence-corrected chi connectivity index (χ4v) is 3.20. The molecule has 3 aromatic heterocycles. The normalized spacial score (nSPS) is 11.3. The van der Waals surface area contributed by atoms with Crippen LogP contribution in [0.25, 0.3) is 22.3 Å². The highest BCUT2D eigenvalue weighted by atomic mass is 19.1. The van der Waals surface area contributed by atoms with Crippen LogP contribution in [0.1, 0.15) is 18.3 Å². The molecule has 2 N–H and O–H groups in total. The van der Waals surface area contributed by atoms with Crippen molar-refractivity contribution in [2.45, 2.75) is 26.4 Å². The van der Waals surface area contributed by atoms with Gasteiger partial charge in [-0.3, -0.25) is 10.1 Å². The molecular formula is C20H21FN6. The van der Waals surface area contributed by atoms with Crippen LogP contribution < -0.4 is 5.32 Å². The Hall–Kier alpha value is -3.06. The summed E-state index contributed by atoms with van der Waals surface area (Å²) in [7, 11) is 0. The summed E-state index contributed by atoms with van der Waals surface area (Å²) >= 11 is 0. The number of benzene rings is 1. The molecular weight excluding hydrogens is 343 g/mol. The molecule has 4 aromatic rings. The smallest absolute Gasteiger partial charge is 0.182 e. The average molecular weight is 364 g/mol. The van der Waals surface area contributed by atoms with Gasteiger partial charge >= 0.3 is 0 Å². The Morgan fingerprint density at radius 3 is 3.00 bits per heavy atom. The van der Waals surface area contributed by atoms with Crippen LogP contribution >= 0.6 is 0 Å². The maximum absolute atomic E-state index is 13.5. The van der Waals surface area contributed by atoms with Crippen molar-refractivity contribution in [3.05, 3.63) is 66.1 Å². The molecule has 0 atom stereocenters. The summed E-state index contributed by atoms with van der Waals surface area (Å²) in [6.45, 7) is 4.36. The van der Waals surface area contributed by atoms with Crippen LogP contribution in [0.15, 0.2) is 48.9 Å². The third-order valence-corrected chi connectivity index (χ3v) is 4.57. The molecule has 0 aliphatic carbocycles. The maximum atomic E-state index is 13.5. The summed E-state index contributed by atoms with van der Waals surface area (Å²) in [4.78, 5) is 8.60. The van der Waals surface area contributed by atoms with Crippen molar-refractivity contribution in [1.82, 2.24) is 30.0 Å². The van der Waals surface area contributed by atoms with Crippen molar-refractivity contribution in [2.75, 3.05) is 6.54 Å². The summed E-state index contributed by atoms with van der Waals surface area (Å²) in [5, 5.41) is 11.7. The van der Waals surface area contributed by atoms with Crippen molar-refractivity contribution < 1.29 is 4.39 Å². The number of hydrogen-bond acceptors (Lipinski definition) is 4. The first-order valence-corrected chi connectivity index (χ1v) is 9.04. The summed E-state index contributed by atoms with van der Waals surface area (Å²) in [5.74, 6) is 1.29. The minimum absolute atomic E-state index is 0.204. The lowest BCUT2D eigenvalue weighted by Gasteiger charge is -2.02. The van der Waals surface area contributed by atoms with Gasteiger partial charge in [-0.2, -0.15) is 5.10 Å². The summed E-state index contributed by atoms with van der Waals surface area (Å²) in [6, 6.07) is 8.76. The highest BCUT2D eigenvalue weighted by molar-refractivity contribution is 5.84. The van der Waals surface area contributed by atoms with E-state index in [1.54, 1.807) is 18.5 Å². The first kappa shape index (κ1) is 17.4. The lowest BCUT2D eigenvalue weighted by atomic mass is 10.1. The van der Waals surface area contributed by atoms with Gasteiger partial charge < -0.3 is 9.88 Å². The molecule has 0 aliphatic rings. The molecule has 0 aliphatic heterocycles. The van der Waals surface area contributed by atoms with Crippen LogP contribution in [0, 0.1) is 5.82 Å². The number of pyridine rings is 1. The van der Waals surface area contributed by atoms with E-state index in [1.807, 2.05) is 18.2 Å². The van der Waals surface area contributed by atoms with Crippen LogP contribution in [-0.4, -0.2) is 31.3 Å². The highest BCUT2D eigenvalue weighted by Gasteiger charge is 2.09. The highest BCUT2D eigenvalue weighted by Crippen LogP contribution is 2.22. The van der Waals surface area contributed by atoms with Gasteiger partial charge in [-0.15, -0.1) is 0 Å². The monoisotopic (exact) mass is 364 g/mol. The zero-order valence-corrected chi connectivity index (χ0v) is 15.1. The third-order valence-electron chi connectivity index (χ3n) is 4.57. The number of nitrogens with zero attached hydrogens (tertiary/aromatic N) is 4. The lowest BCUT2D eigenvalue weighted by Crippen LogP contribution is -2.17. The molecule has 27 heavy (non-hydrogen) atoms. The Bertz CT molecular complexity index is 1040. The number of aryl methyl sites for hydroxylation is 1. The van der Waals surface area contributed by atoms with E-state index in [2.05, 4.69) is 43.2 Å². The standard InChI is InChI=1S/C20H21FN6/c1-2-27-13-15(17-6-5-16(21)10-18(17)27)12-23-9-7-19-24-20(26-25-19)14-4-3-8-22-11-14/h3-6,8,10-11,13,23H,2,7,9,12H2,1H3,(H,24,25,26). The van der Waals surface area contributed by atoms with Gasteiger partial charge in [0, 0.05) is 55.6 Å². The van der Waals surface area contributed by atoms with Gasteiger partial charge in [0.2, 0.25) is 0 Å². The molecule has 0 saturated heterocycles. The van der Waals surface area contributed by atoms with Crippen LogP contribution in [0.4, 0.5) is 4.39 Å².